The van der Waals surface area contributed by atoms with Crippen LogP contribution in [0, 0.1) is 0 Å². The zero-order chi connectivity index (χ0) is 26.0. The molecule has 1 saturated carbocycles. The largest absolute Gasteiger partial charge is 0.492 e. The molecule has 9 heteroatoms. The minimum absolute atomic E-state index is 0.00971. The number of carbonyl (C=O) groups is 1. The molecule has 3 aromatic rings. The summed E-state index contributed by atoms with van der Waals surface area (Å²) in [6.45, 7) is 3.59. The van der Waals surface area contributed by atoms with Crippen molar-refractivity contribution in [1.29, 1.82) is 0 Å². The van der Waals surface area contributed by atoms with Crippen LogP contribution in [0.2, 0.25) is 5.02 Å². The Hall–Kier alpha value is -2.91. The summed E-state index contributed by atoms with van der Waals surface area (Å²) in [5, 5.41) is 10.6. The second kappa shape index (κ2) is 10.5. The SMILES string of the molecule is O=C(O)[C@@]1(NS(=O)(=O)c2ccc(-c3ccc(Cl)cc3)cc2)C[C@H]1c1cccc(OCCN2CCCC2)c1. The summed E-state index contributed by atoms with van der Waals surface area (Å²) in [5.74, 6) is -1.03. The van der Waals surface area contributed by atoms with E-state index in [9.17, 15) is 18.3 Å². The molecule has 2 N–H and O–H groups in total. The number of carboxylic acid groups (broad SMARTS) is 1. The van der Waals surface area contributed by atoms with Gasteiger partial charge in [0, 0.05) is 17.5 Å². The molecule has 2 atom stereocenters. The number of ether oxygens (including phenoxy) is 1. The lowest BCUT2D eigenvalue weighted by Crippen LogP contribution is -2.44. The van der Waals surface area contributed by atoms with E-state index in [0.29, 0.717) is 17.4 Å². The maximum atomic E-state index is 13.2. The topological polar surface area (TPSA) is 95.9 Å². The molecule has 0 amide bonds. The smallest absolute Gasteiger partial charge is 0.325 e. The second-order valence-corrected chi connectivity index (χ2v) is 11.8. The van der Waals surface area contributed by atoms with Crippen molar-refractivity contribution in [2.75, 3.05) is 26.2 Å². The molecule has 0 aromatic heterocycles. The molecule has 1 aliphatic heterocycles. The molecule has 0 spiro atoms. The van der Waals surface area contributed by atoms with Crippen LogP contribution in [0.3, 0.4) is 0 Å². The molecule has 5 rings (SSSR count). The quantitative estimate of drug-likeness (QED) is 0.384. The number of carboxylic acids is 1. The fraction of sp³-hybridized carbons (Fsp3) is 0.321. The average molecular weight is 541 g/mol. The Morgan fingerprint density at radius 2 is 1.68 bits per heavy atom. The van der Waals surface area contributed by atoms with E-state index in [0.717, 1.165) is 36.3 Å². The van der Waals surface area contributed by atoms with Crippen molar-refractivity contribution in [3.05, 3.63) is 83.4 Å². The Labute approximate surface area is 222 Å². The van der Waals surface area contributed by atoms with Gasteiger partial charge in [0.1, 0.15) is 17.9 Å². The van der Waals surface area contributed by atoms with Crippen molar-refractivity contribution in [2.45, 2.75) is 35.6 Å². The van der Waals surface area contributed by atoms with E-state index in [4.69, 9.17) is 16.3 Å². The zero-order valence-electron chi connectivity index (χ0n) is 20.3. The number of hydrogen-bond acceptors (Lipinski definition) is 5. The van der Waals surface area contributed by atoms with Gasteiger partial charge >= 0.3 is 5.97 Å². The van der Waals surface area contributed by atoms with Crippen LogP contribution >= 0.6 is 11.6 Å². The summed E-state index contributed by atoms with van der Waals surface area (Å²) < 4.78 is 34.7. The molecule has 37 heavy (non-hydrogen) atoms. The fourth-order valence-corrected chi connectivity index (χ4v) is 6.48. The first-order valence-electron chi connectivity index (χ1n) is 12.4. The van der Waals surface area contributed by atoms with E-state index >= 15 is 0 Å². The third-order valence-corrected chi connectivity index (χ3v) is 8.91. The van der Waals surface area contributed by atoms with E-state index in [-0.39, 0.29) is 11.3 Å². The van der Waals surface area contributed by atoms with Gasteiger partial charge in [0.25, 0.3) is 0 Å². The van der Waals surface area contributed by atoms with Crippen molar-refractivity contribution < 1.29 is 23.1 Å². The lowest BCUT2D eigenvalue weighted by atomic mass is 10.1. The van der Waals surface area contributed by atoms with Crippen molar-refractivity contribution >= 4 is 27.6 Å². The van der Waals surface area contributed by atoms with Gasteiger partial charge < -0.3 is 9.84 Å². The summed E-state index contributed by atoms with van der Waals surface area (Å²) >= 11 is 5.94. The van der Waals surface area contributed by atoms with Crippen LogP contribution in [0.5, 0.6) is 5.75 Å². The Morgan fingerprint density at radius 1 is 1.03 bits per heavy atom. The van der Waals surface area contributed by atoms with E-state index in [1.165, 1.54) is 25.0 Å². The molecule has 0 bridgehead atoms. The summed E-state index contributed by atoms with van der Waals surface area (Å²) in [6, 6.07) is 20.9. The van der Waals surface area contributed by atoms with Crippen LogP contribution in [0.25, 0.3) is 11.1 Å². The van der Waals surface area contributed by atoms with Crippen LogP contribution < -0.4 is 9.46 Å². The highest BCUT2D eigenvalue weighted by Gasteiger charge is 2.63. The number of aliphatic carboxylic acids is 1. The molecule has 2 fully saturated rings. The van der Waals surface area contributed by atoms with E-state index in [1.807, 2.05) is 36.4 Å². The highest BCUT2D eigenvalue weighted by Crippen LogP contribution is 2.53. The number of rotatable bonds is 10. The first-order valence-corrected chi connectivity index (χ1v) is 14.2. The number of sulfonamides is 1. The molecule has 1 heterocycles. The maximum absolute atomic E-state index is 13.2. The van der Waals surface area contributed by atoms with Crippen molar-refractivity contribution in [1.82, 2.24) is 9.62 Å². The maximum Gasteiger partial charge on any atom is 0.325 e. The van der Waals surface area contributed by atoms with E-state index in [1.54, 1.807) is 24.3 Å². The Morgan fingerprint density at radius 3 is 2.32 bits per heavy atom. The van der Waals surface area contributed by atoms with Gasteiger partial charge in [-0.3, -0.25) is 9.69 Å². The standard InChI is InChI=1S/C28H29ClN2O5S/c29-23-10-6-20(7-11-23)21-8-12-25(13-9-21)37(34,35)30-28(27(32)33)19-26(28)22-4-3-5-24(18-22)36-17-16-31-14-1-2-15-31/h3-13,18,26,30H,1-2,14-17,19H2,(H,32,33)/t26-,28+/m0/s1. The van der Waals surface area contributed by atoms with Crippen LogP contribution in [-0.2, 0) is 14.8 Å². The molecule has 194 valence electrons. The molecule has 2 aliphatic rings. The highest BCUT2D eigenvalue weighted by molar-refractivity contribution is 7.89. The molecule has 7 nitrogen and oxygen atoms in total. The lowest BCUT2D eigenvalue weighted by molar-refractivity contribution is -0.140. The molecule has 0 unspecified atom stereocenters. The summed E-state index contributed by atoms with van der Waals surface area (Å²) in [6.07, 6.45) is 2.61. The van der Waals surface area contributed by atoms with Crippen molar-refractivity contribution in [3.63, 3.8) is 0 Å². The number of benzene rings is 3. The number of nitrogens with one attached hydrogen (secondary N) is 1. The predicted molar refractivity (Wildman–Crippen MR) is 143 cm³/mol. The van der Waals surface area contributed by atoms with Gasteiger partial charge in [-0.15, -0.1) is 0 Å². The monoisotopic (exact) mass is 540 g/mol. The van der Waals surface area contributed by atoms with Gasteiger partial charge in [0.2, 0.25) is 10.0 Å². The number of hydrogen-bond donors (Lipinski definition) is 2. The third-order valence-electron chi connectivity index (χ3n) is 7.14. The number of halogens is 1. The van der Waals surface area contributed by atoms with Crippen LogP contribution in [-0.4, -0.2) is 56.2 Å². The summed E-state index contributed by atoms with van der Waals surface area (Å²) in [4.78, 5) is 14.6. The highest BCUT2D eigenvalue weighted by atomic mass is 35.5. The van der Waals surface area contributed by atoms with Gasteiger partial charge in [-0.2, -0.15) is 4.72 Å². The Kier molecular flexibility index (Phi) is 7.27. The van der Waals surface area contributed by atoms with Gasteiger partial charge in [-0.05, 0) is 85.4 Å². The van der Waals surface area contributed by atoms with Crippen molar-refractivity contribution in [3.8, 4) is 16.9 Å². The first-order chi connectivity index (χ1) is 17.8. The van der Waals surface area contributed by atoms with Gasteiger partial charge in [-0.1, -0.05) is 48.0 Å². The predicted octanol–water partition coefficient (Wildman–Crippen LogP) is 4.77. The molecule has 1 aliphatic carbocycles. The molecule has 0 radical (unpaired) electrons. The van der Waals surface area contributed by atoms with Crippen LogP contribution in [0.15, 0.2) is 77.7 Å². The zero-order valence-corrected chi connectivity index (χ0v) is 21.8. The first kappa shape index (κ1) is 25.7. The van der Waals surface area contributed by atoms with Gasteiger partial charge in [-0.25, -0.2) is 8.42 Å². The molecule has 3 aromatic carbocycles. The fourth-order valence-electron chi connectivity index (χ4n) is 4.95. The minimum Gasteiger partial charge on any atom is -0.492 e. The summed E-state index contributed by atoms with van der Waals surface area (Å²) in [7, 11) is -4.07. The molecular formula is C28H29ClN2O5S. The van der Waals surface area contributed by atoms with Gasteiger partial charge in [0.05, 0.1) is 4.90 Å². The molecule has 1 saturated heterocycles. The number of nitrogens with zero attached hydrogens (tertiary/aromatic N) is 1. The van der Waals surface area contributed by atoms with E-state index < -0.39 is 27.4 Å². The van der Waals surface area contributed by atoms with Gasteiger partial charge in [0.15, 0.2) is 0 Å². The normalized spacial score (nSPS) is 21.6. The molecular weight excluding hydrogens is 512 g/mol. The Balaban J connectivity index is 1.28. The average Bonchev–Trinajstić information content (AvgIpc) is 3.37. The minimum atomic E-state index is -4.07. The third kappa shape index (κ3) is 5.67. The Bertz CT molecular complexity index is 1370. The van der Waals surface area contributed by atoms with Crippen LogP contribution in [0.1, 0.15) is 30.7 Å². The second-order valence-electron chi connectivity index (χ2n) is 9.64. The lowest BCUT2D eigenvalue weighted by Gasteiger charge is -2.17. The van der Waals surface area contributed by atoms with Crippen molar-refractivity contribution in [2.24, 2.45) is 0 Å². The summed E-state index contributed by atoms with van der Waals surface area (Å²) in [5.41, 5.74) is 0.867. The van der Waals surface area contributed by atoms with E-state index in [2.05, 4.69) is 9.62 Å². The number of likely N-dealkylation sites (tertiary alicyclic amines) is 1. The van der Waals surface area contributed by atoms with Crippen LogP contribution in [0.4, 0.5) is 0 Å².